The number of aromatic nitrogens is 3. The summed E-state index contributed by atoms with van der Waals surface area (Å²) < 4.78 is 0. The summed E-state index contributed by atoms with van der Waals surface area (Å²) in [6.07, 6.45) is 5.68. The molecule has 0 radical (unpaired) electrons. The van der Waals surface area contributed by atoms with E-state index < -0.39 is 0 Å². The van der Waals surface area contributed by atoms with Crippen LogP contribution in [0.4, 0.5) is 0 Å². The second kappa shape index (κ2) is 8.89. The van der Waals surface area contributed by atoms with Crippen molar-refractivity contribution in [3.8, 4) is 44.9 Å². The highest BCUT2D eigenvalue weighted by Gasteiger charge is 2.16. The summed E-state index contributed by atoms with van der Waals surface area (Å²) in [4.78, 5) is 12.5. The highest BCUT2D eigenvalue weighted by Crippen LogP contribution is 2.43. The molecule has 37 heavy (non-hydrogen) atoms. The number of nitrogens with zero attached hydrogens (tertiary/aromatic N) is 2. The van der Waals surface area contributed by atoms with Crippen LogP contribution in [-0.2, 0) is 0 Å². The first-order valence-electron chi connectivity index (χ1n) is 12.4. The Kier molecular flexibility index (Phi) is 5.11. The van der Waals surface area contributed by atoms with Crippen molar-refractivity contribution < 1.29 is 0 Å². The minimum absolute atomic E-state index is 0.868. The van der Waals surface area contributed by atoms with Crippen LogP contribution >= 0.6 is 0 Å². The zero-order chi connectivity index (χ0) is 24.6. The maximum absolute atomic E-state index is 4.65. The molecule has 0 amide bonds. The largest absolute Gasteiger partial charge is 0.338 e. The van der Waals surface area contributed by atoms with Gasteiger partial charge in [0.15, 0.2) is 0 Å². The molecule has 2 heterocycles. The molecule has 0 atom stereocenters. The zero-order valence-corrected chi connectivity index (χ0v) is 20.1. The van der Waals surface area contributed by atoms with Crippen molar-refractivity contribution in [2.24, 2.45) is 0 Å². The van der Waals surface area contributed by atoms with Crippen LogP contribution in [-0.4, -0.2) is 15.0 Å². The summed E-state index contributed by atoms with van der Waals surface area (Å²) >= 11 is 0. The standard InChI is InChI=1S/C34H23N3/c1-2-9-23(10-3-1)31-22-36-34(37-31)25-18-16-24(17-19-25)32-27-12-4-6-14-29(27)33(26-11-8-20-35-21-26)30-15-7-5-13-28(30)32/h1-22H,(H,36,37). The Morgan fingerprint density at radius 3 is 1.57 bits per heavy atom. The molecule has 0 spiro atoms. The smallest absolute Gasteiger partial charge is 0.137 e. The maximum atomic E-state index is 4.65. The molecule has 5 aromatic carbocycles. The number of imidazole rings is 1. The topological polar surface area (TPSA) is 41.6 Å². The van der Waals surface area contributed by atoms with Gasteiger partial charge in [-0.15, -0.1) is 0 Å². The van der Waals surface area contributed by atoms with E-state index in [1.807, 2.05) is 42.9 Å². The first kappa shape index (κ1) is 21.3. The van der Waals surface area contributed by atoms with E-state index in [1.165, 1.54) is 38.2 Å². The Morgan fingerprint density at radius 2 is 0.973 bits per heavy atom. The van der Waals surface area contributed by atoms with Gasteiger partial charge in [0.05, 0.1) is 11.9 Å². The van der Waals surface area contributed by atoms with E-state index in [0.717, 1.165) is 28.2 Å². The van der Waals surface area contributed by atoms with Crippen LogP contribution in [0.15, 0.2) is 134 Å². The van der Waals surface area contributed by atoms with E-state index in [9.17, 15) is 0 Å². The third kappa shape index (κ3) is 3.69. The molecule has 2 aromatic heterocycles. The van der Waals surface area contributed by atoms with Gasteiger partial charge in [-0.1, -0.05) is 109 Å². The molecule has 174 valence electrons. The number of rotatable bonds is 4. The predicted octanol–water partition coefficient (Wildman–Crippen LogP) is 8.78. The van der Waals surface area contributed by atoms with E-state index in [2.05, 4.69) is 106 Å². The van der Waals surface area contributed by atoms with Gasteiger partial charge in [-0.3, -0.25) is 4.98 Å². The molecule has 0 saturated heterocycles. The highest BCUT2D eigenvalue weighted by atomic mass is 14.9. The normalized spacial score (nSPS) is 11.2. The lowest BCUT2D eigenvalue weighted by Gasteiger charge is -2.17. The van der Waals surface area contributed by atoms with Gasteiger partial charge in [0.2, 0.25) is 0 Å². The molecular formula is C34H23N3. The fourth-order valence-corrected chi connectivity index (χ4v) is 5.29. The van der Waals surface area contributed by atoms with Crippen LogP contribution in [0.3, 0.4) is 0 Å². The Hall–Kier alpha value is -5.02. The first-order valence-corrected chi connectivity index (χ1v) is 12.4. The van der Waals surface area contributed by atoms with E-state index in [4.69, 9.17) is 0 Å². The van der Waals surface area contributed by atoms with Gasteiger partial charge >= 0.3 is 0 Å². The van der Waals surface area contributed by atoms with Gasteiger partial charge in [0.25, 0.3) is 0 Å². The van der Waals surface area contributed by atoms with E-state index in [-0.39, 0.29) is 0 Å². The Bertz CT molecular complexity index is 1790. The second-order valence-corrected chi connectivity index (χ2v) is 9.17. The number of benzene rings is 5. The van der Waals surface area contributed by atoms with Crippen LogP contribution in [0.5, 0.6) is 0 Å². The molecule has 0 aliphatic heterocycles. The number of nitrogens with one attached hydrogen (secondary N) is 1. The maximum Gasteiger partial charge on any atom is 0.137 e. The van der Waals surface area contributed by atoms with Gasteiger partial charge in [0, 0.05) is 23.5 Å². The van der Waals surface area contributed by atoms with E-state index >= 15 is 0 Å². The minimum Gasteiger partial charge on any atom is -0.338 e. The molecule has 7 aromatic rings. The van der Waals surface area contributed by atoms with Crippen molar-refractivity contribution in [1.82, 2.24) is 15.0 Å². The zero-order valence-electron chi connectivity index (χ0n) is 20.1. The lowest BCUT2D eigenvalue weighted by atomic mass is 9.86. The molecule has 7 rings (SSSR count). The fraction of sp³-hybridized carbons (Fsp3) is 0. The van der Waals surface area contributed by atoms with Crippen molar-refractivity contribution in [2.45, 2.75) is 0 Å². The second-order valence-electron chi connectivity index (χ2n) is 9.17. The van der Waals surface area contributed by atoms with Crippen molar-refractivity contribution in [1.29, 1.82) is 0 Å². The third-order valence-corrected chi connectivity index (χ3v) is 6.99. The van der Waals surface area contributed by atoms with Gasteiger partial charge in [0.1, 0.15) is 5.82 Å². The van der Waals surface area contributed by atoms with Gasteiger partial charge in [-0.05, 0) is 49.9 Å². The number of hydrogen-bond acceptors (Lipinski definition) is 2. The molecule has 1 N–H and O–H groups in total. The highest BCUT2D eigenvalue weighted by molar-refractivity contribution is 6.21. The lowest BCUT2D eigenvalue weighted by Crippen LogP contribution is -1.91. The molecule has 0 aliphatic carbocycles. The molecule has 3 heteroatoms. The number of pyridine rings is 1. The molecular weight excluding hydrogens is 450 g/mol. The summed E-state index contributed by atoms with van der Waals surface area (Å²) in [5.41, 5.74) is 7.99. The van der Waals surface area contributed by atoms with Gasteiger partial charge in [-0.25, -0.2) is 4.98 Å². The Balaban J connectivity index is 1.38. The fourth-order valence-electron chi connectivity index (χ4n) is 5.29. The predicted molar refractivity (Wildman–Crippen MR) is 153 cm³/mol. The summed E-state index contributed by atoms with van der Waals surface area (Å²) in [5, 5.41) is 4.92. The minimum atomic E-state index is 0.868. The van der Waals surface area contributed by atoms with Crippen molar-refractivity contribution in [2.75, 3.05) is 0 Å². The monoisotopic (exact) mass is 473 g/mol. The van der Waals surface area contributed by atoms with Crippen LogP contribution in [0, 0.1) is 0 Å². The summed E-state index contributed by atoms with van der Waals surface area (Å²) in [6.45, 7) is 0. The summed E-state index contributed by atoms with van der Waals surface area (Å²) in [6, 6.07) is 40.5. The van der Waals surface area contributed by atoms with Crippen LogP contribution in [0.2, 0.25) is 0 Å². The number of hydrogen-bond donors (Lipinski definition) is 1. The van der Waals surface area contributed by atoms with Crippen LogP contribution < -0.4 is 0 Å². The molecule has 0 unspecified atom stereocenters. The van der Waals surface area contributed by atoms with Crippen LogP contribution in [0.25, 0.3) is 66.4 Å². The number of fused-ring (bicyclic) bond motifs is 2. The summed E-state index contributed by atoms with van der Waals surface area (Å²) in [7, 11) is 0. The number of aromatic amines is 1. The lowest BCUT2D eigenvalue weighted by molar-refractivity contribution is 1.31. The Morgan fingerprint density at radius 1 is 0.432 bits per heavy atom. The molecule has 0 fully saturated rings. The van der Waals surface area contributed by atoms with Crippen molar-refractivity contribution in [3.05, 3.63) is 134 Å². The average Bonchev–Trinajstić information content (AvgIpc) is 3.47. The first-order chi connectivity index (χ1) is 18.4. The summed E-state index contributed by atoms with van der Waals surface area (Å²) in [5.74, 6) is 0.868. The SMILES string of the molecule is c1ccc(-c2cnc(-c3ccc(-c4c5ccccc5c(-c5cccnc5)c5ccccc45)cc3)[nH]2)cc1. The van der Waals surface area contributed by atoms with Crippen molar-refractivity contribution >= 4 is 21.5 Å². The molecule has 0 aliphatic rings. The van der Waals surface area contributed by atoms with Crippen LogP contribution in [0.1, 0.15) is 0 Å². The van der Waals surface area contributed by atoms with E-state index in [0.29, 0.717) is 0 Å². The molecule has 3 nitrogen and oxygen atoms in total. The van der Waals surface area contributed by atoms with Crippen molar-refractivity contribution in [3.63, 3.8) is 0 Å². The van der Waals surface area contributed by atoms with Gasteiger partial charge < -0.3 is 4.98 Å². The molecule has 0 saturated carbocycles. The molecule has 0 bridgehead atoms. The average molecular weight is 474 g/mol. The number of H-pyrrole nitrogens is 1. The van der Waals surface area contributed by atoms with Gasteiger partial charge in [-0.2, -0.15) is 0 Å². The Labute approximate surface area is 215 Å². The van der Waals surface area contributed by atoms with E-state index in [1.54, 1.807) is 0 Å². The third-order valence-electron chi connectivity index (χ3n) is 6.99. The quantitative estimate of drug-likeness (QED) is 0.260.